The first-order valence-corrected chi connectivity index (χ1v) is 10.9. The van der Waals surface area contributed by atoms with Crippen molar-refractivity contribution in [3.05, 3.63) is 29.3 Å². The molecule has 0 bridgehead atoms. The molecule has 1 N–H and O–H groups in total. The maximum absolute atomic E-state index is 12.1. The molecule has 0 aromatic heterocycles. The van der Waals surface area contributed by atoms with Crippen molar-refractivity contribution in [2.45, 2.75) is 63.9 Å². The van der Waals surface area contributed by atoms with Gasteiger partial charge in [-0.15, -0.1) is 9.24 Å². The van der Waals surface area contributed by atoms with Crippen LogP contribution in [0.15, 0.2) is 18.2 Å². The standard InChI is InChI=1S/C22H31N2O4P/c1-22(2,3)28-20(26)13-24-10-8-14(9-11-24)16-5-4-15(12-18(16)29)17-6-7-19(25)23-21(17)27/h4-5,12,14,17H,6-11,13,29H2,1-3H3,(H,23,25,27). The van der Waals surface area contributed by atoms with E-state index >= 15 is 0 Å². The lowest BCUT2D eigenvalue weighted by atomic mass is 9.85. The lowest BCUT2D eigenvalue weighted by Gasteiger charge is -2.33. The maximum Gasteiger partial charge on any atom is 0.320 e. The summed E-state index contributed by atoms with van der Waals surface area (Å²) in [5.74, 6) is -0.373. The normalized spacial score (nSPS) is 21.7. The summed E-state index contributed by atoms with van der Waals surface area (Å²) in [4.78, 5) is 37.7. The minimum absolute atomic E-state index is 0.170. The van der Waals surface area contributed by atoms with Gasteiger partial charge in [-0.25, -0.2) is 0 Å². The van der Waals surface area contributed by atoms with Crippen molar-refractivity contribution < 1.29 is 19.1 Å². The van der Waals surface area contributed by atoms with Crippen molar-refractivity contribution in [2.24, 2.45) is 0 Å². The number of nitrogens with zero attached hydrogens (tertiary/aromatic N) is 1. The van der Waals surface area contributed by atoms with Gasteiger partial charge < -0.3 is 4.74 Å². The van der Waals surface area contributed by atoms with Gasteiger partial charge in [0.15, 0.2) is 0 Å². The third kappa shape index (κ3) is 5.86. The second-order valence-corrected chi connectivity index (χ2v) is 9.65. The Balaban J connectivity index is 1.58. The average Bonchev–Trinajstić information content (AvgIpc) is 2.61. The van der Waals surface area contributed by atoms with Crippen LogP contribution in [0.2, 0.25) is 0 Å². The Morgan fingerprint density at radius 2 is 1.90 bits per heavy atom. The molecule has 0 aliphatic carbocycles. The molecule has 2 aliphatic heterocycles. The molecule has 2 amide bonds. The Bertz CT molecular complexity index is 794. The number of piperidine rings is 2. The zero-order valence-electron chi connectivity index (χ0n) is 17.5. The molecule has 6 nitrogen and oxygen atoms in total. The van der Waals surface area contributed by atoms with Crippen LogP contribution in [-0.2, 0) is 19.1 Å². The summed E-state index contributed by atoms with van der Waals surface area (Å²) < 4.78 is 5.42. The number of hydrogen-bond donors (Lipinski definition) is 1. The lowest BCUT2D eigenvalue weighted by molar-refractivity contribution is -0.156. The van der Waals surface area contributed by atoms with Crippen molar-refractivity contribution in [1.82, 2.24) is 10.2 Å². The quantitative estimate of drug-likeness (QED) is 0.461. The number of rotatable bonds is 4. The molecular weight excluding hydrogens is 387 g/mol. The van der Waals surface area contributed by atoms with Gasteiger partial charge in [-0.2, -0.15) is 0 Å². The Hall–Kier alpha value is -1.78. The highest BCUT2D eigenvalue weighted by atomic mass is 31.0. The molecular formula is C22H31N2O4P. The van der Waals surface area contributed by atoms with E-state index in [0.29, 0.717) is 25.3 Å². The van der Waals surface area contributed by atoms with E-state index in [2.05, 4.69) is 31.6 Å². The van der Waals surface area contributed by atoms with Gasteiger partial charge in [0.1, 0.15) is 5.60 Å². The van der Waals surface area contributed by atoms with E-state index in [1.165, 1.54) is 5.56 Å². The SMILES string of the molecule is CC(C)(C)OC(=O)CN1CCC(c2ccc(C3CCC(=O)NC3=O)cc2P)CC1. The highest BCUT2D eigenvalue weighted by Crippen LogP contribution is 2.31. The van der Waals surface area contributed by atoms with Crippen LogP contribution in [0.1, 0.15) is 69.4 Å². The molecule has 1 aromatic rings. The molecule has 3 rings (SSSR count). The van der Waals surface area contributed by atoms with Gasteiger partial charge in [-0.1, -0.05) is 18.2 Å². The lowest BCUT2D eigenvalue weighted by Crippen LogP contribution is -2.40. The molecule has 2 saturated heterocycles. The molecule has 7 heteroatoms. The molecule has 1 aromatic carbocycles. The average molecular weight is 418 g/mol. The van der Waals surface area contributed by atoms with Gasteiger partial charge in [-0.3, -0.25) is 24.6 Å². The van der Waals surface area contributed by atoms with Crippen LogP contribution in [0.5, 0.6) is 0 Å². The third-order valence-electron chi connectivity index (χ3n) is 5.55. The number of carbonyl (C=O) groups is 3. The van der Waals surface area contributed by atoms with Gasteiger partial charge in [0, 0.05) is 6.42 Å². The second kappa shape index (κ2) is 8.93. The van der Waals surface area contributed by atoms with E-state index in [-0.39, 0.29) is 23.7 Å². The van der Waals surface area contributed by atoms with E-state index in [9.17, 15) is 14.4 Å². The minimum Gasteiger partial charge on any atom is -0.459 e. The molecule has 29 heavy (non-hydrogen) atoms. The molecule has 0 spiro atoms. The number of carbonyl (C=O) groups excluding carboxylic acids is 3. The molecule has 2 unspecified atom stereocenters. The summed E-state index contributed by atoms with van der Waals surface area (Å²) in [7, 11) is 2.80. The second-order valence-electron chi connectivity index (χ2n) is 9.03. The van der Waals surface area contributed by atoms with E-state index in [0.717, 1.165) is 36.8 Å². The topological polar surface area (TPSA) is 75.7 Å². The monoisotopic (exact) mass is 418 g/mol. The Morgan fingerprint density at radius 1 is 1.21 bits per heavy atom. The first-order chi connectivity index (χ1) is 13.6. The summed E-state index contributed by atoms with van der Waals surface area (Å²) in [6.45, 7) is 7.72. The number of nitrogens with one attached hydrogen (secondary N) is 1. The van der Waals surface area contributed by atoms with Gasteiger partial charge in [0.25, 0.3) is 0 Å². The van der Waals surface area contributed by atoms with Crippen LogP contribution < -0.4 is 10.6 Å². The summed E-state index contributed by atoms with van der Waals surface area (Å²) in [6, 6.07) is 6.21. The number of likely N-dealkylation sites (tertiary alicyclic amines) is 1. The number of esters is 1. The summed E-state index contributed by atoms with van der Waals surface area (Å²) >= 11 is 0. The van der Waals surface area contributed by atoms with Crippen LogP contribution in [0.3, 0.4) is 0 Å². The van der Waals surface area contributed by atoms with Crippen molar-refractivity contribution in [3.63, 3.8) is 0 Å². The smallest absolute Gasteiger partial charge is 0.320 e. The Labute approximate surface area is 174 Å². The van der Waals surface area contributed by atoms with Gasteiger partial charge >= 0.3 is 5.97 Å². The Morgan fingerprint density at radius 3 is 2.48 bits per heavy atom. The van der Waals surface area contributed by atoms with E-state index in [1.807, 2.05) is 26.8 Å². The number of imide groups is 1. The van der Waals surface area contributed by atoms with Crippen LogP contribution in [0.25, 0.3) is 0 Å². The number of benzene rings is 1. The van der Waals surface area contributed by atoms with Gasteiger partial charge in [0.05, 0.1) is 12.5 Å². The molecule has 158 valence electrons. The van der Waals surface area contributed by atoms with Crippen molar-refractivity contribution in [1.29, 1.82) is 0 Å². The highest BCUT2D eigenvalue weighted by Gasteiger charge is 2.29. The third-order valence-corrected chi connectivity index (χ3v) is 6.05. The van der Waals surface area contributed by atoms with Crippen LogP contribution in [0.4, 0.5) is 0 Å². The number of ether oxygens (including phenoxy) is 1. The first kappa shape index (κ1) is 21.9. The van der Waals surface area contributed by atoms with Gasteiger partial charge in [0.2, 0.25) is 11.8 Å². The van der Waals surface area contributed by atoms with Crippen molar-refractivity contribution >= 4 is 32.3 Å². The largest absolute Gasteiger partial charge is 0.459 e. The summed E-state index contributed by atoms with van der Waals surface area (Å²) in [5.41, 5.74) is 1.79. The van der Waals surface area contributed by atoms with Crippen LogP contribution in [-0.4, -0.2) is 47.9 Å². The van der Waals surface area contributed by atoms with E-state index < -0.39 is 5.60 Å². The molecule has 0 saturated carbocycles. The predicted molar refractivity (Wildman–Crippen MR) is 115 cm³/mol. The Kier molecular flexibility index (Phi) is 6.75. The fraction of sp³-hybridized carbons (Fsp3) is 0.591. The fourth-order valence-electron chi connectivity index (χ4n) is 4.15. The van der Waals surface area contributed by atoms with E-state index in [1.54, 1.807) is 0 Å². The predicted octanol–water partition coefficient (Wildman–Crippen LogP) is 2.23. The molecule has 2 heterocycles. The fourth-order valence-corrected chi connectivity index (χ4v) is 4.68. The summed E-state index contributed by atoms with van der Waals surface area (Å²) in [6.07, 6.45) is 2.93. The zero-order valence-corrected chi connectivity index (χ0v) is 18.6. The van der Waals surface area contributed by atoms with Crippen LogP contribution >= 0.6 is 9.24 Å². The van der Waals surface area contributed by atoms with E-state index in [4.69, 9.17) is 4.74 Å². The molecule has 2 fully saturated rings. The molecule has 0 radical (unpaired) electrons. The first-order valence-electron chi connectivity index (χ1n) is 10.3. The van der Waals surface area contributed by atoms with Gasteiger partial charge in [-0.05, 0) is 75.5 Å². The van der Waals surface area contributed by atoms with Crippen LogP contribution in [0, 0.1) is 0 Å². The number of amides is 2. The minimum atomic E-state index is -0.450. The molecule has 2 aliphatic rings. The maximum atomic E-state index is 12.1. The summed E-state index contributed by atoms with van der Waals surface area (Å²) in [5, 5.41) is 3.54. The highest BCUT2D eigenvalue weighted by molar-refractivity contribution is 7.27. The van der Waals surface area contributed by atoms with Crippen molar-refractivity contribution in [2.75, 3.05) is 19.6 Å². The number of hydrogen-bond acceptors (Lipinski definition) is 5. The van der Waals surface area contributed by atoms with Crippen molar-refractivity contribution in [3.8, 4) is 0 Å². The molecule has 2 atom stereocenters. The zero-order chi connectivity index (χ0) is 21.2.